The van der Waals surface area contributed by atoms with Gasteiger partial charge < -0.3 is 9.80 Å². The molecule has 1 unspecified atom stereocenters. The zero-order valence-electron chi connectivity index (χ0n) is 17.4. The summed E-state index contributed by atoms with van der Waals surface area (Å²) in [6, 6.07) is 3.33. The van der Waals surface area contributed by atoms with Crippen LogP contribution >= 0.6 is 22.7 Å². The van der Waals surface area contributed by atoms with E-state index in [2.05, 4.69) is 4.98 Å². The molecule has 0 radical (unpaired) electrons. The lowest BCUT2D eigenvalue weighted by Crippen LogP contribution is -2.54. The second-order valence-corrected chi connectivity index (χ2v) is 12.0. The van der Waals surface area contributed by atoms with Gasteiger partial charge in [-0.2, -0.15) is 4.31 Å². The smallest absolute Gasteiger partial charge is 0.252 e. The highest BCUT2D eigenvalue weighted by Crippen LogP contribution is 2.27. The molecular weight excluding hydrogens is 456 g/mol. The summed E-state index contributed by atoms with van der Waals surface area (Å²) in [5.41, 5.74) is 0.922. The van der Waals surface area contributed by atoms with Crippen molar-refractivity contribution in [3.63, 3.8) is 0 Å². The summed E-state index contributed by atoms with van der Waals surface area (Å²) in [7, 11) is -3.54. The van der Waals surface area contributed by atoms with Gasteiger partial charge in [0.1, 0.15) is 9.22 Å². The van der Waals surface area contributed by atoms with Crippen LogP contribution in [0.3, 0.4) is 0 Å². The molecule has 2 aliphatic rings. The van der Waals surface area contributed by atoms with Crippen molar-refractivity contribution in [1.82, 2.24) is 19.1 Å². The van der Waals surface area contributed by atoms with E-state index < -0.39 is 10.0 Å². The van der Waals surface area contributed by atoms with E-state index in [1.54, 1.807) is 27.3 Å². The molecule has 1 atom stereocenters. The molecule has 2 aromatic heterocycles. The molecule has 0 bridgehead atoms. The molecule has 0 saturated carbocycles. The van der Waals surface area contributed by atoms with E-state index in [9.17, 15) is 18.0 Å². The molecule has 11 heteroatoms. The third-order valence-electron chi connectivity index (χ3n) is 5.74. The second kappa shape index (κ2) is 9.35. The van der Waals surface area contributed by atoms with E-state index in [4.69, 9.17) is 0 Å². The van der Waals surface area contributed by atoms with Gasteiger partial charge in [0.15, 0.2) is 0 Å². The summed E-state index contributed by atoms with van der Waals surface area (Å²) in [6.07, 6.45) is 1.66. The number of hydrogen-bond donors (Lipinski definition) is 0. The third-order valence-corrected chi connectivity index (χ3v) is 9.94. The van der Waals surface area contributed by atoms with Gasteiger partial charge in [0.25, 0.3) is 10.0 Å². The maximum absolute atomic E-state index is 13.1. The van der Waals surface area contributed by atoms with Crippen molar-refractivity contribution in [2.75, 3.05) is 39.3 Å². The molecule has 31 heavy (non-hydrogen) atoms. The Kier molecular flexibility index (Phi) is 6.75. The number of carbonyl (C=O) groups is 2. The minimum Gasteiger partial charge on any atom is -0.339 e. The van der Waals surface area contributed by atoms with Crippen LogP contribution in [0.2, 0.25) is 0 Å². The van der Waals surface area contributed by atoms with E-state index in [-0.39, 0.29) is 24.3 Å². The van der Waals surface area contributed by atoms with Crippen LogP contribution in [-0.4, -0.2) is 78.6 Å². The lowest BCUT2D eigenvalue weighted by molar-refractivity contribution is -0.142. The molecule has 2 aromatic rings. The van der Waals surface area contributed by atoms with Gasteiger partial charge in [0.05, 0.1) is 12.3 Å². The van der Waals surface area contributed by atoms with Gasteiger partial charge in [0.2, 0.25) is 11.8 Å². The van der Waals surface area contributed by atoms with Crippen LogP contribution in [0.4, 0.5) is 0 Å². The highest BCUT2D eigenvalue weighted by Gasteiger charge is 2.36. The number of rotatable bonds is 5. The lowest BCUT2D eigenvalue weighted by Gasteiger charge is -2.38. The number of hydrogen-bond acceptors (Lipinski definition) is 7. The summed E-state index contributed by atoms with van der Waals surface area (Å²) in [5, 5.41) is 4.50. The minimum atomic E-state index is -3.54. The molecule has 4 rings (SSSR count). The summed E-state index contributed by atoms with van der Waals surface area (Å²) in [4.78, 5) is 33.5. The number of thiazole rings is 1. The Morgan fingerprint density at radius 3 is 2.52 bits per heavy atom. The quantitative estimate of drug-likeness (QED) is 0.649. The van der Waals surface area contributed by atoms with Crippen LogP contribution in [0.15, 0.2) is 27.1 Å². The molecule has 168 valence electrons. The van der Waals surface area contributed by atoms with Crippen molar-refractivity contribution >= 4 is 44.5 Å². The Morgan fingerprint density at radius 1 is 1.13 bits per heavy atom. The Labute approximate surface area is 190 Å². The third kappa shape index (κ3) is 5.00. The number of sulfonamides is 1. The molecule has 2 saturated heterocycles. The van der Waals surface area contributed by atoms with Crippen LogP contribution in [0.1, 0.15) is 23.5 Å². The van der Waals surface area contributed by atoms with Crippen molar-refractivity contribution in [2.45, 2.75) is 30.4 Å². The van der Waals surface area contributed by atoms with Crippen molar-refractivity contribution in [3.8, 4) is 0 Å². The molecule has 2 aliphatic heterocycles. The van der Waals surface area contributed by atoms with Crippen molar-refractivity contribution < 1.29 is 18.0 Å². The number of aryl methyl sites for hydroxylation is 1. The Morgan fingerprint density at radius 2 is 1.87 bits per heavy atom. The first-order valence-electron chi connectivity index (χ1n) is 10.4. The van der Waals surface area contributed by atoms with Crippen molar-refractivity contribution in [2.24, 2.45) is 5.92 Å². The first-order chi connectivity index (χ1) is 14.8. The van der Waals surface area contributed by atoms with Gasteiger partial charge in [0, 0.05) is 50.3 Å². The van der Waals surface area contributed by atoms with Gasteiger partial charge in [-0.15, -0.1) is 22.7 Å². The van der Waals surface area contributed by atoms with Gasteiger partial charge in [-0.05, 0) is 31.2 Å². The monoisotopic (exact) mass is 482 g/mol. The fourth-order valence-electron chi connectivity index (χ4n) is 4.06. The summed E-state index contributed by atoms with van der Waals surface area (Å²) in [6.45, 7) is 4.54. The zero-order valence-corrected chi connectivity index (χ0v) is 19.8. The van der Waals surface area contributed by atoms with E-state index in [1.165, 1.54) is 27.0 Å². The van der Waals surface area contributed by atoms with Crippen LogP contribution in [0.5, 0.6) is 0 Å². The lowest BCUT2D eigenvalue weighted by atomic mass is 9.97. The highest BCUT2D eigenvalue weighted by molar-refractivity contribution is 7.91. The number of amides is 2. The largest absolute Gasteiger partial charge is 0.339 e. The Balaban J connectivity index is 1.31. The van der Waals surface area contributed by atoms with Gasteiger partial charge in [-0.3, -0.25) is 9.59 Å². The summed E-state index contributed by atoms with van der Waals surface area (Å²) < 4.78 is 27.4. The number of carbonyl (C=O) groups excluding carboxylic acids is 2. The summed E-state index contributed by atoms with van der Waals surface area (Å²) >= 11 is 2.69. The Hall–Kier alpha value is -1.82. The SMILES string of the molecule is Cc1csc(CC(=O)N2CCN(C(=O)C3CCCN(S(=O)(=O)c4cccs4)C3)CC2)n1. The topological polar surface area (TPSA) is 90.9 Å². The van der Waals surface area contributed by atoms with Gasteiger partial charge in [-0.1, -0.05) is 6.07 Å². The maximum atomic E-state index is 13.1. The van der Waals surface area contributed by atoms with E-state index in [0.717, 1.165) is 10.7 Å². The van der Waals surface area contributed by atoms with Crippen molar-refractivity contribution in [3.05, 3.63) is 33.6 Å². The molecule has 2 amide bonds. The zero-order chi connectivity index (χ0) is 22.0. The number of nitrogens with zero attached hydrogens (tertiary/aromatic N) is 4. The fraction of sp³-hybridized carbons (Fsp3) is 0.550. The minimum absolute atomic E-state index is 0.00581. The molecule has 8 nitrogen and oxygen atoms in total. The maximum Gasteiger partial charge on any atom is 0.252 e. The normalized spacial score (nSPS) is 20.7. The number of thiophene rings is 1. The first-order valence-corrected chi connectivity index (χ1v) is 13.6. The molecule has 0 spiro atoms. The second-order valence-electron chi connectivity index (χ2n) is 7.90. The Bertz CT molecular complexity index is 1030. The number of piperazine rings is 1. The van der Waals surface area contributed by atoms with Gasteiger partial charge in [-0.25, -0.2) is 13.4 Å². The predicted molar refractivity (Wildman–Crippen MR) is 120 cm³/mol. The van der Waals surface area contributed by atoms with Crippen LogP contribution < -0.4 is 0 Å². The van der Waals surface area contributed by atoms with Crippen LogP contribution in [0.25, 0.3) is 0 Å². The summed E-state index contributed by atoms with van der Waals surface area (Å²) in [5.74, 6) is -0.301. The number of piperidine rings is 1. The average Bonchev–Trinajstić information content (AvgIpc) is 3.46. The number of aromatic nitrogens is 1. The molecule has 0 aromatic carbocycles. The van der Waals surface area contributed by atoms with E-state index in [1.807, 2.05) is 12.3 Å². The van der Waals surface area contributed by atoms with Crippen LogP contribution in [0, 0.1) is 12.8 Å². The molecule has 2 fully saturated rings. The van der Waals surface area contributed by atoms with Crippen LogP contribution in [-0.2, 0) is 26.0 Å². The van der Waals surface area contributed by atoms with E-state index in [0.29, 0.717) is 56.2 Å². The van der Waals surface area contributed by atoms with Crippen molar-refractivity contribution in [1.29, 1.82) is 0 Å². The predicted octanol–water partition coefficient (Wildman–Crippen LogP) is 1.83. The van der Waals surface area contributed by atoms with E-state index >= 15 is 0 Å². The molecule has 0 N–H and O–H groups in total. The fourth-order valence-corrected chi connectivity index (χ4v) is 7.49. The standard InChI is InChI=1S/C20H26N4O4S3/c1-15-14-30-17(21-15)12-18(25)22-7-9-23(10-8-22)20(26)16-4-2-6-24(13-16)31(27,28)19-5-3-11-29-19/h3,5,11,14,16H,2,4,6-10,12-13H2,1H3. The molecule has 4 heterocycles. The highest BCUT2D eigenvalue weighted by atomic mass is 32.2. The molecular formula is C20H26N4O4S3. The first kappa shape index (κ1) is 22.4. The average molecular weight is 483 g/mol. The van der Waals surface area contributed by atoms with Gasteiger partial charge >= 0.3 is 0 Å². The molecule has 0 aliphatic carbocycles.